The van der Waals surface area contributed by atoms with E-state index in [0.717, 1.165) is 31.2 Å². The summed E-state index contributed by atoms with van der Waals surface area (Å²) in [6, 6.07) is 8.82. The van der Waals surface area contributed by atoms with Crippen molar-refractivity contribution in [3.63, 3.8) is 0 Å². The Morgan fingerprint density at radius 1 is 1.24 bits per heavy atom. The summed E-state index contributed by atoms with van der Waals surface area (Å²) >= 11 is 0. The van der Waals surface area contributed by atoms with Gasteiger partial charge in [0, 0.05) is 18.9 Å². The van der Waals surface area contributed by atoms with Crippen LogP contribution in [-0.2, 0) is 12.0 Å². The number of nitrogens with zero attached hydrogens (tertiary/aromatic N) is 2. The van der Waals surface area contributed by atoms with Crippen LogP contribution in [-0.4, -0.2) is 23.0 Å². The molecule has 1 aromatic heterocycles. The van der Waals surface area contributed by atoms with Crippen molar-refractivity contribution in [2.45, 2.75) is 31.7 Å². The zero-order chi connectivity index (χ0) is 14.3. The van der Waals surface area contributed by atoms with Crippen LogP contribution in [0.3, 0.4) is 0 Å². The summed E-state index contributed by atoms with van der Waals surface area (Å²) in [6.45, 7) is 5.03. The van der Waals surface area contributed by atoms with Crippen LogP contribution in [0.15, 0.2) is 41.0 Å². The van der Waals surface area contributed by atoms with Gasteiger partial charge in [-0.25, -0.2) is 4.98 Å². The van der Waals surface area contributed by atoms with Gasteiger partial charge < -0.3 is 4.42 Å². The van der Waals surface area contributed by atoms with Gasteiger partial charge in [0.05, 0.1) is 5.69 Å². The molecule has 1 spiro atoms. The predicted molar refractivity (Wildman–Crippen MR) is 82.9 cm³/mol. The second kappa shape index (κ2) is 4.85. The molecule has 0 saturated carbocycles. The lowest BCUT2D eigenvalue weighted by Gasteiger charge is -2.39. The molecule has 21 heavy (non-hydrogen) atoms. The average molecular weight is 280 g/mol. The van der Waals surface area contributed by atoms with Crippen LogP contribution in [0, 0.1) is 6.92 Å². The van der Waals surface area contributed by atoms with Crippen molar-refractivity contribution in [3.8, 4) is 0 Å². The first-order valence-corrected chi connectivity index (χ1v) is 7.67. The molecular formula is C18H20N2O. The van der Waals surface area contributed by atoms with Crippen LogP contribution >= 0.6 is 0 Å². The van der Waals surface area contributed by atoms with Gasteiger partial charge in [0.25, 0.3) is 0 Å². The number of oxazole rings is 1. The SMILES string of the molecule is Cc1nc(CN2CCC3(C=Cc4ccccc43)CC2)co1. The predicted octanol–water partition coefficient (Wildman–Crippen LogP) is 3.54. The summed E-state index contributed by atoms with van der Waals surface area (Å²) in [5.74, 6) is 0.756. The molecular weight excluding hydrogens is 260 g/mol. The lowest BCUT2D eigenvalue weighted by Crippen LogP contribution is -2.40. The van der Waals surface area contributed by atoms with Gasteiger partial charge in [-0.05, 0) is 37.1 Å². The first-order chi connectivity index (χ1) is 10.3. The molecule has 3 nitrogen and oxygen atoms in total. The van der Waals surface area contributed by atoms with E-state index in [1.54, 1.807) is 6.26 Å². The Kier molecular flexibility index (Phi) is 2.96. The molecule has 0 atom stereocenters. The lowest BCUT2D eigenvalue weighted by atomic mass is 9.74. The number of allylic oxidation sites excluding steroid dienone is 1. The van der Waals surface area contributed by atoms with Crippen molar-refractivity contribution in [3.05, 3.63) is 59.3 Å². The standard InChI is InChI=1S/C18H20N2O/c1-14-19-16(13-21-14)12-20-10-8-18(9-11-20)7-6-15-4-2-3-5-17(15)18/h2-7,13H,8-12H2,1H3. The van der Waals surface area contributed by atoms with Crippen molar-refractivity contribution in [2.75, 3.05) is 13.1 Å². The number of rotatable bonds is 2. The fourth-order valence-electron chi connectivity index (χ4n) is 3.69. The molecule has 0 bridgehead atoms. The van der Waals surface area contributed by atoms with Gasteiger partial charge in [-0.15, -0.1) is 0 Å². The van der Waals surface area contributed by atoms with Crippen LogP contribution in [0.25, 0.3) is 6.08 Å². The zero-order valence-corrected chi connectivity index (χ0v) is 12.4. The van der Waals surface area contributed by atoms with Crippen LogP contribution in [0.5, 0.6) is 0 Å². The fourth-order valence-corrected chi connectivity index (χ4v) is 3.69. The van der Waals surface area contributed by atoms with Gasteiger partial charge in [0.2, 0.25) is 0 Å². The van der Waals surface area contributed by atoms with E-state index >= 15 is 0 Å². The second-order valence-electron chi connectivity index (χ2n) is 6.21. The summed E-state index contributed by atoms with van der Waals surface area (Å²) in [7, 11) is 0. The molecule has 0 N–H and O–H groups in total. The number of aryl methyl sites for hydroxylation is 1. The van der Waals surface area contributed by atoms with Crippen molar-refractivity contribution in [1.29, 1.82) is 0 Å². The molecule has 1 saturated heterocycles. The molecule has 0 radical (unpaired) electrons. The third-order valence-corrected chi connectivity index (χ3v) is 4.88. The van der Waals surface area contributed by atoms with E-state index in [1.165, 1.54) is 24.0 Å². The maximum absolute atomic E-state index is 5.30. The normalized spacial score (nSPS) is 20.0. The summed E-state index contributed by atoms with van der Waals surface area (Å²) in [5, 5.41) is 0. The highest BCUT2D eigenvalue weighted by Crippen LogP contribution is 2.43. The van der Waals surface area contributed by atoms with Crippen LogP contribution in [0.1, 0.15) is 35.6 Å². The third kappa shape index (κ3) is 2.22. The molecule has 4 rings (SSSR count). The summed E-state index contributed by atoms with van der Waals surface area (Å²) < 4.78 is 5.30. The molecule has 1 aromatic carbocycles. The smallest absolute Gasteiger partial charge is 0.191 e. The largest absolute Gasteiger partial charge is 0.449 e. The van der Waals surface area contributed by atoms with Crippen LogP contribution < -0.4 is 0 Å². The second-order valence-corrected chi connectivity index (χ2v) is 6.21. The number of hydrogen-bond acceptors (Lipinski definition) is 3. The van der Waals surface area contributed by atoms with Crippen LogP contribution in [0.2, 0.25) is 0 Å². The molecule has 3 heteroatoms. The fraction of sp³-hybridized carbons (Fsp3) is 0.389. The molecule has 1 aliphatic heterocycles. The number of hydrogen-bond donors (Lipinski definition) is 0. The summed E-state index contributed by atoms with van der Waals surface area (Å²) in [5.41, 5.74) is 4.23. The average Bonchev–Trinajstić information content (AvgIpc) is 3.07. The van der Waals surface area contributed by atoms with E-state index in [0.29, 0.717) is 0 Å². The molecule has 2 heterocycles. The van der Waals surface area contributed by atoms with E-state index < -0.39 is 0 Å². The molecule has 108 valence electrons. The number of fused-ring (bicyclic) bond motifs is 2. The molecule has 2 aromatic rings. The highest BCUT2D eigenvalue weighted by atomic mass is 16.3. The molecule has 1 fully saturated rings. The quantitative estimate of drug-likeness (QED) is 0.842. The maximum Gasteiger partial charge on any atom is 0.191 e. The molecule has 1 aliphatic carbocycles. The van der Waals surface area contributed by atoms with Gasteiger partial charge in [0.1, 0.15) is 6.26 Å². The lowest BCUT2D eigenvalue weighted by molar-refractivity contribution is 0.175. The van der Waals surface area contributed by atoms with E-state index in [4.69, 9.17) is 4.42 Å². The zero-order valence-electron chi connectivity index (χ0n) is 12.4. The van der Waals surface area contributed by atoms with Gasteiger partial charge in [-0.1, -0.05) is 36.4 Å². The van der Waals surface area contributed by atoms with Crippen molar-refractivity contribution in [1.82, 2.24) is 9.88 Å². The van der Waals surface area contributed by atoms with Gasteiger partial charge in [-0.3, -0.25) is 4.90 Å². The Balaban J connectivity index is 1.47. The van der Waals surface area contributed by atoms with Crippen molar-refractivity contribution >= 4 is 6.08 Å². The van der Waals surface area contributed by atoms with Crippen molar-refractivity contribution < 1.29 is 4.42 Å². The van der Waals surface area contributed by atoms with Gasteiger partial charge in [-0.2, -0.15) is 0 Å². The van der Waals surface area contributed by atoms with E-state index in [9.17, 15) is 0 Å². The Morgan fingerprint density at radius 3 is 2.81 bits per heavy atom. The minimum atomic E-state index is 0.271. The van der Waals surface area contributed by atoms with Gasteiger partial charge in [0.15, 0.2) is 5.89 Å². The number of aromatic nitrogens is 1. The Labute approximate surface area is 125 Å². The first kappa shape index (κ1) is 12.8. The first-order valence-electron chi connectivity index (χ1n) is 7.67. The highest BCUT2D eigenvalue weighted by Gasteiger charge is 2.37. The minimum Gasteiger partial charge on any atom is -0.449 e. The van der Waals surface area contributed by atoms with E-state index in [-0.39, 0.29) is 5.41 Å². The van der Waals surface area contributed by atoms with Gasteiger partial charge >= 0.3 is 0 Å². The monoisotopic (exact) mass is 280 g/mol. The van der Waals surface area contributed by atoms with E-state index in [1.807, 2.05) is 6.92 Å². The number of piperidine rings is 1. The number of benzene rings is 1. The summed E-state index contributed by atoms with van der Waals surface area (Å²) in [6.07, 6.45) is 8.89. The Bertz CT molecular complexity index is 678. The third-order valence-electron chi connectivity index (χ3n) is 4.88. The molecule has 0 unspecified atom stereocenters. The Morgan fingerprint density at radius 2 is 2.05 bits per heavy atom. The molecule has 2 aliphatic rings. The highest BCUT2D eigenvalue weighted by molar-refractivity contribution is 5.65. The summed E-state index contributed by atoms with van der Waals surface area (Å²) in [4.78, 5) is 6.89. The topological polar surface area (TPSA) is 29.3 Å². The Hall–Kier alpha value is -1.87. The maximum atomic E-state index is 5.30. The number of likely N-dealkylation sites (tertiary alicyclic amines) is 1. The van der Waals surface area contributed by atoms with Crippen LogP contribution in [0.4, 0.5) is 0 Å². The molecule has 0 amide bonds. The van der Waals surface area contributed by atoms with Crippen molar-refractivity contribution in [2.24, 2.45) is 0 Å². The minimum absolute atomic E-state index is 0.271. The van der Waals surface area contributed by atoms with E-state index in [2.05, 4.69) is 46.3 Å².